The Morgan fingerprint density at radius 2 is 2.18 bits per heavy atom. The van der Waals surface area contributed by atoms with Crippen LogP contribution in [-0.4, -0.2) is 21.7 Å². The van der Waals surface area contributed by atoms with Crippen LogP contribution < -0.4 is 11.1 Å². The fourth-order valence-electron chi connectivity index (χ4n) is 2.58. The predicted molar refractivity (Wildman–Crippen MR) is 81.3 cm³/mol. The van der Waals surface area contributed by atoms with Crippen LogP contribution >= 0.6 is 0 Å². The monoisotopic (exact) mass is 301 g/mol. The number of nitrogens with one attached hydrogen (secondary N) is 1. The normalized spacial score (nSPS) is 15.5. The number of nitrogens with zero attached hydrogens (tertiary/aromatic N) is 2. The zero-order chi connectivity index (χ0) is 15.7. The standard InChI is InChI=1S/C16H19N3O3/c1-10-5-3-4-6-13(10)15-18-22-16(21)19(15)9-14(20)17-11(2)12-7-8-12/h3-6,11-12H,7-9H2,1-2H3,(H,17,20)/t11-/m1/s1. The predicted octanol–water partition coefficient (Wildman–Crippen LogP) is 1.73. The molecule has 1 aromatic heterocycles. The molecule has 6 nitrogen and oxygen atoms in total. The smallest absolute Gasteiger partial charge is 0.352 e. The molecule has 1 atom stereocenters. The number of hydrogen-bond donors (Lipinski definition) is 1. The van der Waals surface area contributed by atoms with Crippen LogP contribution in [0.15, 0.2) is 33.6 Å². The topological polar surface area (TPSA) is 77.1 Å². The van der Waals surface area contributed by atoms with E-state index in [1.807, 2.05) is 38.1 Å². The maximum absolute atomic E-state index is 12.1. The molecule has 0 bridgehead atoms. The molecule has 0 radical (unpaired) electrons. The van der Waals surface area contributed by atoms with Crippen molar-refractivity contribution in [2.75, 3.05) is 0 Å². The molecular formula is C16H19N3O3. The van der Waals surface area contributed by atoms with Crippen molar-refractivity contribution in [2.45, 2.75) is 39.3 Å². The van der Waals surface area contributed by atoms with Gasteiger partial charge in [-0.1, -0.05) is 29.4 Å². The van der Waals surface area contributed by atoms with E-state index in [2.05, 4.69) is 10.5 Å². The van der Waals surface area contributed by atoms with Crippen LogP contribution in [0.3, 0.4) is 0 Å². The summed E-state index contributed by atoms with van der Waals surface area (Å²) in [6, 6.07) is 7.69. The van der Waals surface area contributed by atoms with Gasteiger partial charge in [0, 0.05) is 11.6 Å². The van der Waals surface area contributed by atoms with Crippen molar-refractivity contribution in [2.24, 2.45) is 5.92 Å². The van der Waals surface area contributed by atoms with Gasteiger partial charge in [-0.3, -0.25) is 9.32 Å². The first kappa shape index (κ1) is 14.6. The Bertz CT molecular complexity index is 743. The highest BCUT2D eigenvalue weighted by atomic mass is 16.5. The second kappa shape index (κ2) is 5.79. The molecule has 0 unspecified atom stereocenters. The van der Waals surface area contributed by atoms with Crippen molar-refractivity contribution in [1.82, 2.24) is 15.0 Å². The van der Waals surface area contributed by atoms with Crippen LogP contribution in [0.25, 0.3) is 11.4 Å². The molecule has 1 aliphatic carbocycles. The second-order valence-electron chi connectivity index (χ2n) is 5.87. The quantitative estimate of drug-likeness (QED) is 0.912. The Balaban J connectivity index is 1.82. The lowest BCUT2D eigenvalue weighted by atomic mass is 10.1. The molecular weight excluding hydrogens is 282 g/mol. The van der Waals surface area contributed by atoms with Gasteiger partial charge >= 0.3 is 5.76 Å². The maximum Gasteiger partial charge on any atom is 0.442 e. The van der Waals surface area contributed by atoms with Gasteiger partial charge in [0.05, 0.1) is 0 Å². The molecule has 1 aromatic carbocycles. The summed E-state index contributed by atoms with van der Waals surface area (Å²) in [6.07, 6.45) is 2.31. The first-order valence-electron chi connectivity index (χ1n) is 7.48. The van der Waals surface area contributed by atoms with Crippen LogP contribution in [0.2, 0.25) is 0 Å². The van der Waals surface area contributed by atoms with Crippen LogP contribution in [0.4, 0.5) is 0 Å². The number of aryl methyl sites for hydroxylation is 1. The first-order valence-corrected chi connectivity index (χ1v) is 7.48. The van der Waals surface area contributed by atoms with Gasteiger partial charge in [-0.25, -0.2) is 9.36 Å². The second-order valence-corrected chi connectivity index (χ2v) is 5.87. The molecule has 1 saturated carbocycles. The average Bonchev–Trinajstić information content (AvgIpc) is 3.27. The molecule has 1 fully saturated rings. The minimum absolute atomic E-state index is 0.0803. The summed E-state index contributed by atoms with van der Waals surface area (Å²) in [5, 5.41) is 6.75. The summed E-state index contributed by atoms with van der Waals surface area (Å²) in [5.74, 6) is 0.142. The van der Waals surface area contributed by atoms with E-state index in [0.29, 0.717) is 11.7 Å². The van der Waals surface area contributed by atoms with Gasteiger partial charge in [-0.05, 0) is 38.2 Å². The highest BCUT2D eigenvalue weighted by Gasteiger charge is 2.29. The molecule has 116 valence electrons. The summed E-state index contributed by atoms with van der Waals surface area (Å²) in [4.78, 5) is 24.0. The summed E-state index contributed by atoms with van der Waals surface area (Å²) >= 11 is 0. The molecule has 0 saturated heterocycles. The molecule has 6 heteroatoms. The molecule has 0 aliphatic heterocycles. The highest BCUT2D eigenvalue weighted by molar-refractivity contribution is 5.77. The fourth-order valence-corrected chi connectivity index (χ4v) is 2.58. The Morgan fingerprint density at radius 3 is 2.86 bits per heavy atom. The molecule has 1 heterocycles. The van der Waals surface area contributed by atoms with Crippen LogP contribution in [0.1, 0.15) is 25.3 Å². The number of benzene rings is 1. The third kappa shape index (κ3) is 2.95. The van der Waals surface area contributed by atoms with E-state index in [-0.39, 0.29) is 18.5 Å². The van der Waals surface area contributed by atoms with Gasteiger partial charge in [0.2, 0.25) is 5.91 Å². The van der Waals surface area contributed by atoms with E-state index in [1.165, 1.54) is 4.57 Å². The lowest BCUT2D eigenvalue weighted by molar-refractivity contribution is -0.122. The third-order valence-corrected chi connectivity index (χ3v) is 4.09. The SMILES string of the molecule is Cc1ccccc1-c1noc(=O)n1CC(=O)N[C@H](C)C1CC1. The molecule has 0 spiro atoms. The number of hydrogen-bond acceptors (Lipinski definition) is 4. The molecule has 3 rings (SSSR count). The lowest BCUT2D eigenvalue weighted by Gasteiger charge is -2.13. The third-order valence-electron chi connectivity index (χ3n) is 4.09. The van der Waals surface area contributed by atoms with E-state index in [9.17, 15) is 9.59 Å². The van der Waals surface area contributed by atoms with Crippen molar-refractivity contribution < 1.29 is 9.32 Å². The van der Waals surface area contributed by atoms with Gasteiger partial charge in [0.25, 0.3) is 0 Å². The molecule has 1 amide bonds. The molecule has 1 N–H and O–H groups in total. The van der Waals surface area contributed by atoms with E-state index in [1.54, 1.807) is 0 Å². The van der Waals surface area contributed by atoms with Crippen molar-refractivity contribution in [1.29, 1.82) is 0 Å². The fraction of sp³-hybridized carbons (Fsp3) is 0.438. The average molecular weight is 301 g/mol. The van der Waals surface area contributed by atoms with Gasteiger partial charge in [-0.2, -0.15) is 0 Å². The zero-order valence-electron chi connectivity index (χ0n) is 12.7. The minimum atomic E-state index is -0.618. The van der Waals surface area contributed by atoms with E-state index in [4.69, 9.17) is 4.52 Å². The number of rotatable bonds is 5. The van der Waals surface area contributed by atoms with Gasteiger partial charge in [-0.15, -0.1) is 0 Å². The van der Waals surface area contributed by atoms with Crippen molar-refractivity contribution in [3.8, 4) is 11.4 Å². The number of carbonyl (C=O) groups excluding carboxylic acids is 1. The number of aromatic nitrogens is 2. The first-order chi connectivity index (χ1) is 10.6. The Kier molecular flexibility index (Phi) is 3.83. The van der Waals surface area contributed by atoms with E-state index in [0.717, 1.165) is 24.0 Å². The summed E-state index contributed by atoms with van der Waals surface area (Å²) in [5.41, 5.74) is 1.76. The van der Waals surface area contributed by atoms with Crippen molar-refractivity contribution in [3.05, 3.63) is 40.4 Å². The summed E-state index contributed by atoms with van der Waals surface area (Å²) in [6.45, 7) is 3.84. The lowest BCUT2D eigenvalue weighted by Crippen LogP contribution is -2.38. The zero-order valence-corrected chi connectivity index (χ0v) is 12.7. The largest absolute Gasteiger partial charge is 0.442 e. The van der Waals surface area contributed by atoms with Gasteiger partial charge in [0.1, 0.15) is 6.54 Å². The van der Waals surface area contributed by atoms with Crippen LogP contribution in [0, 0.1) is 12.8 Å². The van der Waals surface area contributed by atoms with Crippen molar-refractivity contribution in [3.63, 3.8) is 0 Å². The Morgan fingerprint density at radius 1 is 1.45 bits per heavy atom. The summed E-state index contributed by atoms with van der Waals surface area (Å²) in [7, 11) is 0. The van der Waals surface area contributed by atoms with Crippen LogP contribution in [0.5, 0.6) is 0 Å². The number of carbonyl (C=O) groups is 1. The molecule has 1 aliphatic rings. The molecule has 2 aromatic rings. The summed E-state index contributed by atoms with van der Waals surface area (Å²) < 4.78 is 6.02. The van der Waals surface area contributed by atoms with Gasteiger partial charge in [0.15, 0.2) is 5.82 Å². The van der Waals surface area contributed by atoms with E-state index >= 15 is 0 Å². The van der Waals surface area contributed by atoms with Gasteiger partial charge < -0.3 is 5.32 Å². The minimum Gasteiger partial charge on any atom is -0.352 e. The molecule has 22 heavy (non-hydrogen) atoms. The van der Waals surface area contributed by atoms with Crippen molar-refractivity contribution >= 4 is 5.91 Å². The Hall–Kier alpha value is -2.37. The Labute approximate surface area is 128 Å². The maximum atomic E-state index is 12.1. The van der Waals surface area contributed by atoms with E-state index < -0.39 is 5.76 Å². The number of amides is 1. The highest BCUT2D eigenvalue weighted by Crippen LogP contribution is 2.32. The van der Waals surface area contributed by atoms with Crippen LogP contribution in [-0.2, 0) is 11.3 Å².